The van der Waals surface area contributed by atoms with E-state index in [0.717, 1.165) is 11.3 Å². The molecule has 6 heteroatoms. The van der Waals surface area contributed by atoms with Crippen molar-refractivity contribution < 1.29 is 14.3 Å². The number of para-hydroxylation sites is 1. The van der Waals surface area contributed by atoms with Gasteiger partial charge in [-0.2, -0.15) is 5.10 Å². The zero-order valence-electron chi connectivity index (χ0n) is 12.3. The maximum atomic E-state index is 12.3. The molecule has 0 bridgehead atoms. The van der Waals surface area contributed by atoms with E-state index in [9.17, 15) is 9.59 Å². The van der Waals surface area contributed by atoms with Crippen LogP contribution >= 0.6 is 0 Å². The smallest absolute Gasteiger partial charge is 0.270 e. The lowest BCUT2D eigenvalue weighted by atomic mass is 10.1. The normalized spacial score (nSPS) is 14.2. The summed E-state index contributed by atoms with van der Waals surface area (Å²) in [6.07, 6.45) is 0.677. The van der Waals surface area contributed by atoms with Crippen LogP contribution in [0.25, 0.3) is 0 Å². The van der Waals surface area contributed by atoms with E-state index in [4.69, 9.17) is 4.74 Å². The van der Waals surface area contributed by atoms with Gasteiger partial charge in [-0.1, -0.05) is 18.2 Å². The Labute approximate surface area is 123 Å². The van der Waals surface area contributed by atoms with Crippen LogP contribution in [0.3, 0.4) is 0 Å². The van der Waals surface area contributed by atoms with Gasteiger partial charge in [-0.25, -0.2) is 5.43 Å². The monoisotopic (exact) mass is 289 g/mol. The standard InChI is InChI=1S/C15H19N3O3/c1-3-21-13-7-5-4-6-11(13)10-18(2)15(20)12-8-9-14(19)17-16-12/h4-7H,3,8-10H2,1-2H3,(H,17,19). The molecule has 0 unspecified atom stereocenters. The molecule has 2 amide bonds. The third-order valence-corrected chi connectivity index (χ3v) is 3.18. The van der Waals surface area contributed by atoms with Gasteiger partial charge in [0, 0.05) is 32.0 Å². The highest BCUT2D eigenvalue weighted by Crippen LogP contribution is 2.19. The summed E-state index contributed by atoms with van der Waals surface area (Å²) in [6.45, 7) is 2.93. The number of amides is 2. The highest BCUT2D eigenvalue weighted by atomic mass is 16.5. The molecule has 0 spiro atoms. The van der Waals surface area contributed by atoms with Crippen molar-refractivity contribution in [2.45, 2.75) is 26.3 Å². The summed E-state index contributed by atoms with van der Waals surface area (Å²) in [7, 11) is 1.71. The molecule has 1 heterocycles. The van der Waals surface area contributed by atoms with Crippen molar-refractivity contribution in [1.82, 2.24) is 10.3 Å². The van der Waals surface area contributed by atoms with Crippen molar-refractivity contribution in [3.05, 3.63) is 29.8 Å². The molecule has 0 atom stereocenters. The fourth-order valence-corrected chi connectivity index (χ4v) is 2.11. The minimum absolute atomic E-state index is 0.157. The molecule has 1 aromatic rings. The number of nitrogens with one attached hydrogen (secondary N) is 1. The Morgan fingerprint density at radius 1 is 1.38 bits per heavy atom. The molecular formula is C15H19N3O3. The highest BCUT2D eigenvalue weighted by Gasteiger charge is 2.22. The van der Waals surface area contributed by atoms with E-state index in [1.165, 1.54) is 0 Å². The van der Waals surface area contributed by atoms with E-state index in [1.807, 2.05) is 31.2 Å². The summed E-state index contributed by atoms with van der Waals surface area (Å²) in [5.41, 5.74) is 3.66. The fraction of sp³-hybridized carbons (Fsp3) is 0.400. The van der Waals surface area contributed by atoms with E-state index in [-0.39, 0.29) is 11.8 Å². The number of hydrazone groups is 1. The molecule has 1 aromatic carbocycles. The molecule has 21 heavy (non-hydrogen) atoms. The first-order chi connectivity index (χ1) is 10.1. The molecule has 2 rings (SSSR count). The second-order valence-electron chi connectivity index (χ2n) is 4.80. The van der Waals surface area contributed by atoms with Crippen molar-refractivity contribution in [1.29, 1.82) is 0 Å². The van der Waals surface area contributed by atoms with Gasteiger partial charge in [-0.05, 0) is 13.0 Å². The van der Waals surface area contributed by atoms with Crippen LogP contribution in [0.2, 0.25) is 0 Å². The van der Waals surface area contributed by atoms with Crippen molar-refractivity contribution in [2.75, 3.05) is 13.7 Å². The van der Waals surface area contributed by atoms with E-state index in [1.54, 1.807) is 11.9 Å². The Morgan fingerprint density at radius 3 is 2.81 bits per heavy atom. The summed E-state index contributed by atoms with van der Waals surface area (Å²) < 4.78 is 5.55. The van der Waals surface area contributed by atoms with E-state index >= 15 is 0 Å². The lowest BCUT2D eigenvalue weighted by Gasteiger charge is -2.21. The van der Waals surface area contributed by atoms with Crippen molar-refractivity contribution in [3.63, 3.8) is 0 Å². The van der Waals surface area contributed by atoms with E-state index in [0.29, 0.717) is 31.7 Å². The Kier molecular flexibility index (Phi) is 4.92. The molecule has 0 aliphatic carbocycles. The molecule has 112 valence electrons. The Balaban J connectivity index is 2.06. The molecule has 1 N–H and O–H groups in total. The van der Waals surface area contributed by atoms with Crippen LogP contribution in [-0.2, 0) is 16.1 Å². The Hall–Kier alpha value is -2.37. The van der Waals surface area contributed by atoms with E-state index < -0.39 is 0 Å². The topological polar surface area (TPSA) is 71.0 Å². The summed E-state index contributed by atoms with van der Waals surface area (Å²) >= 11 is 0. The van der Waals surface area contributed by atoms with Crippen LogP contribution in [0.5, 0.6) is 5.75 Å². The molecule has 0 radical (unpaired) electrons. The fourth-order valence-electron chi connectivity index (χ4n) is 2.11. The maximum Gasteiger partial charge on any atom is 0.270 e. The summed E-state index contributed by atoms with van der Waals surface area (Å²) in [6, 6.07) is 7.63. The van der Waals surface area contributed by atoms with Crippen molar-refractivity contribution in [3.8, 4) is 5.75 Å². The Morgan fingerprint density at radius 2 is 2.14 bits per heavy atom. The van der Waals surface area contributed by atoms with Crippen LogP contribution in [0.1, 0.15) is 25.3 Å². The Bertz CT molecular complexity index is 569. The number of nitrogens with zero attached hydrogens (tertiary/aromatic N) is 2. The molecule has 0 saturated carbocycles. The number of ether oxygens (including phenoxy) is 1. The van der Waals surface area contributed by atoms with Crippen LogP contribution in [0.4, 0.5) is 0 Å². The molecule has 0 aromatic heterocycles. The summed E-state index contributed by atoms with van der Waals surface area (Å²) in [5.74, 6) is 0.440. The average molecular weight is 289 g/mol. The van der Waals surface area contributed by atoms with Crippen LogP contribution < -0.4 is 10.2 Å². The zero-order chi connectivity index (χ0) is 15.2. The molecule has 1 aliphatic heterocycles. The van der Waals surface area contributed by atoms with Gasteiger partial charge in [-0.3, -0.25) is 9.59 Å². The van der Waals surface area contributed by atoms with Gasteiger partial charge in [0.1, 0.15) is 11.5 Å². The van der Waals surface area contributed by atoms with E-state index in [2.05, 4.69) is 10.5 Å². The zero-order valence-corrected chi connectivity index (χ0v) is 12.3. The summed E-state index contributed by atoms with van der Waals surface area (Å²) in [4.78, 5) is 24.9. The van der Waals surface area contributed by atoms with Gasteiger partial charge >= 0.3 is 0 Å². The van der Waals surface area contributed by atoms with Crippen molar-refractivity contribution in [2.24, 2.45) is 5.10 Å². The minimum Gasteiger partial charge on any atom is -0.494 e. The van der Waals surface area contributed by atoms with Gasteiger partial charge in [0.2, 0.25) is 5.91 Å². The van der Waals surface area contributed by atoms with Gasteiger partial charge < -0.3 is 9.64 Å². The largest absolute Gasteiger partial charge is 0.494 e. The lowest BCUT2D eigenvalue weighted by molar-refractivity contribution is -0.124. The average Bonchev–Trinajstić information content (AvgIpc) is 2.49. The molecule has 0 saturated heterocycles. The van der Waals surface area contributed by atoms with Gasteiger partial charge in [-0.15, -0.1) is 0 Å². The number of hydrogen-bond donors (Lipinski definition) is 1. The minimum atomic E-state index is -0.179. The number of carbonyl (C=O) groups is 2. The quantitative estimate of drug-likeness (QED) is 0.888. The first-order valence-electron chi connectivity index (χ1n) is 6.93. The first-order valence-corrected chi connectivity index (χ1v) is 6.93. The third kappa shape index (κ3) is 3.81. The highest BCUT2D eigenvalue weighted by molar-refractivity contribution is 6.39. The maximum absolute atomic E-state index is 12.3. The van der Waals surface area contributed by atoms with Gasteiger partial charge in [0.25, 0.3) is 5.91 Å². The SMILES string of the molecule is CCOc1ccccc1CN(C)C(=O)C1=NNC(=O)CC1. The number of carbonyl (C=O) groups excluding carboxylic acids is 2. The second-order valence-corrected chi connectivity index (χ2v) is 4.80. The summed E-state index contributed by atoms with van der Waals surface area (Å²) in [5, 5.41) is 3.83. The number of hydrogen-bond acceptors (Lipinski definition) is 4. The molecular weight excluding hydrogens is 270 g/mol. The first kappa shape index (κ1) is 15.0. The molecule has 1 aliphatic rings. The van der Waals surface area contributed by atoms with Crippen LogP contribution in [0, 0.1) is 0 Å². The predicted molar refractivity (Wildman–Crippen MR) is 78.9 cm³/mol. The number of rotatable bonds is 5. The molecule has 6 nitrogen and oxygen atoms in total. The number of benzene rings is 1. The third-order valence-electron chi connectivity index (χ3n) is 3.18. The van der Waals surface area contributed by atoms with Gasteiger partial charge in [0.15, 0.2) is 0 Å². The van der Waals surface area contributed by atoms with Crippen LogP contribution in [0.15, 0.2) is 29.4 Å². The molecule has 0 fully saturated rings. The lowest BCUT2D eigenvalue weighted by Crippen LogP contribution is -2.37. The predicted octanol–water partition coefficient (Wildman–Crippen LogP) is 1.31. The second kappa shape index (κ2) is 6.88. The van der Waals surface area contributed by atoms with Gasteiger partial charge in [0.05, 0.1) is 6.61 Å². The van der Waals surface area contributed by atoms with Crippen LogP contribution in [-0.4, -0.2) is 36.1 Å². The van der Waals surface area contributed by atoms with Crippen molar-refractivity contribution >= 4 is 17.5 Å².